The Labute approximate surface area is 136 Å². The summed E-state index contributed by atoms with van der Waals surface area (Å²) in [7, 11) is 0. The van der Waals surface area contributed by atoms with Crippen LogP contribution in [0, 0.1) is 11.6 Å². The molecule has 2 aromatic heterocycles. The third kappa shape index (κ3) is 3.78. The van der Waals surface area contributed by atoms with Crippen molar-refractivity contribution in [1.29, 1.82) is 0 Å². The number of pyridine rings is 1. The molecule has 0 spiro atoms. The van der Waals surface area contributed by atoms with E-state index in [9.17, 15) is 13.6 Å². The van der Waals surface area contributed by atoms with E-state index in [0.29, 0.717) is 17.1 Å². The van der Waals surface area contributed by atoms with Gasteiger partial charge in [-0.05, 0) is 36.2 Å². The van der Waals surface area contributed by atoms with E-state index in [4.69, 9.17) is 0 Å². The van der Waals surface area contributed by atoms with Gasteiger partial charge < -0.3 is 0 Å². The molecule has 1 amide bonds. The maximum Gasteiger partial charge on any atom is 0.249 e. The monoisotopic (exact) mass is 329 g/mol. The first-order valence-electron chi connectivity index (χ1n) is 7.19. The topological polar surface area (TPSA) is 83.6 Å². The number of rotatable bonds is 5. The van der Waals surface area contributed by atoms with Crippen molar-refractivity contribution in [2.75, 3.05) is 5.32 Å². The molecule has 0 aliphatic rings. The fraction of sp³-hybridized carbons (Fsp3) is 0.125. The van der Waals surface area contributed by atoms with Crippen molar-refractivity contribution in [2.45, 2.75) is 12.8 Å². The molecule has 1 aromatic carbocycles. The zero-order valence-corrected chi connectivity index (χ0v) is 12.5. The summed E-state index contributed by atoms with van der Waals surface area (Å²) in [5.41, 5.74) is 1.14. The Hall–Kier alpha value is -3.16. The predicted molar refractivity (Wildman–Crippen MR) is 82.9 cm³/mol. The first kappa shape index (κ1) is 15.7. The highest BCUT2D eigenvalue weighted by molar-refractivity contribution is 5.89. The van der Waals surface area contributed by atoms with E-state index in [-0.39, 0.29) is 24.7 Å². The van der Waals surface area contributed by atoms with Crippen LogP contribution in [0.3, 0.4) is 0 Å². The van der Waals surface area contributed by atoms with Crippen LogP contribution >= 0.6 is 0 Å². The van der Waals surface area contributed by atoms with Gasteiger partial charge in [0.1, 0.15) is 5.69 Å². The number of nitrogens with zero attached hydrogens (tertiary/aromatic N) is 3. The molecule has 0 bridgehead atoms. The molecule has 2 heterocycles. The second-order valence-electron chi connectivity index (χ2n) is 5.02. The fourth-order valence-corrected chi connectivity index (χ4v) is 2.08. The molecule has 0 fully saturated rings. The summed E-state index contributed by atoms with van der Waals surface area (Å²) >= 11 is 0. The van der Waals surface area contributed by atoms with Crippen LogP contribution in [-0.4, -0.2) is 26.1 Å². The Morgan fingerprint density at radius 3 is 2.79 bits per heavy atom. The van der Waals surface area contributed by atoms with Crippen LogP contribution < -0.4 is 5.32 Å². The molecule has 8 heteroatoms. The third-order valence-corrected chi connectivity index (χ3v) is 3.27. The molecule has 3 aromatic rings. The van der Waals surface area contributed by atoms with E-state index in [0.717, 1.165) is 12.1 Å². The predicted octanol–water partition coefficient (Wildman–Crippen LogP) is 2.72. The summed E-state index contributed by atoms with van der Waals surface area (Å²) in [6, 6.07) is 8.91. The van der Waals surface area contributed by atoms with Gasteiger partial charge in [0.15, 0.2) is 17.5 Å². The Morgan fingerprint density at radius 1 is 1.17 bits per heavy atom. The minimum absolute atomic E-state index is 0.0958. The van der Waals surface area contributed by atoms with Crippen LogP contribution in [-0.2, 0) is 11.2 Å². The SMILES string of the molecule is O=C(CCc1ccc(F)c(F)c1)Nc1n[nH]c(-c2ccccn2)n1. The molecule has 0 atom stereocenters. The third-order valence-electron chi connectivity index (χ3n) is 3.27. The van der Waals surface area contributed by atoms with E-state index in [1.165, 1.54) is 6.07 Å². The van der Waals surface area contributed by atoms with Crippen molar-refractivity contribution in [3.63, 3.8) is 0 Å². The Kier molecular flexibility index (Phi) is 4.55. The number of aromatic nitrogens is 4. The van der Waals surface area contributed by atoms with Gasteiger partial charge in [-0.25, -0.2) is 8.78 Å². The van der Waals surface area contributed by atoms with Gasteiger partial charge in [0.2, 0.25) is 11.9 Å². The van der Waals surface area contributed by atoms with E-state index in [1.54, 1.807) is 18.3 Å². The number of aromatic amines is 1. The Bertz CT molecular complexity index is 851. The summed E-state index contributed by atoms with van der Waals surface area (Å²) < 4.78 is 26.0. The van der Waals surface area contributed by atoms with Gasteiger partial charge in [-0.15, -0.1) is 5.10 Å². The van der Waals surface area contributed by atoms with Crippen LogP contribution in [0.4, 0.5) is 14.7 Å². The van der Waals surface area contributed by atoms with Crippen molar-refractivity contribution in [1.82, 2.24) is 20.2 Å². The molecule has 2 N–H and O–H groups in total. The quantitative estimate of drug-likeness (QED) is 0.754. The minimum atomic E-state index is -0.929. The molecule has 0 aliphatic carbocycles. The zero-order valence-electron chi connectivity index (χ0n) is 12.5. The number of hydrogen-bond acceptors (Lipinski definition) is 4. The Morgan fingerprint density at radius 2 is 2.04 bits per heavy atom. The lowest BCUT2D eigenvalue weighted by Gasteiger charge is -2.02. The molecule has 122 valence electrons. The van der Waals surface area contributed by atoms with Crippen LogP contribution in [0.5, 0.6) is 0 Å². The van der Waals surface area contributed by atoms with Crippen molar-refractivity contribution < 1.29 is 13.6 Å². The van der Waals surface area contributed by atoms with Gasteiger partial charge in [-0.3, -0.25) is 20.2 Å². The first-order valence-corrected chi connectivity index (χ1v) is 7.19. The van der Waals surface area contributed by atoms with Crippen LogP contribution in [0.1, 0.15) is 12.0 Å². The zero-order chi connectivity index (χ0) is 16.9. The number of carbonyl (C=O) groups excluding carboxylic acids is 1. The number of H-pyrrole nitrogens is 1. The van der Waals surface area contributed by atoms with E-state index in [1.807, 2.05) is 6.07 Å². The number of anilines is 1. The van der Waals surface area contributed by atoms with E-state index in [2.05, 4.69) is 25.5 Å². The average Bonchev–Trinajstić information content (AvgIpc) is 3.05. The van der Waals surface area contributed by atoms with Gasteiger partial charge in [-0.2, -0.15) is 4.98 Å². The molecule has 0 unspecified atom stereocenters. The lowest BCUT2D eigenvalue weighted by atomic mass is 10.1. The van der Waals surface area contributed by atoms with Gasteiger partial charge in [0, 0.05) is 12.6 Å². The number of amides is 1. The summed E-state index contributed by atoms with van der Waals surface area (Å²) in [5.74, 6) is -1.60. The Balaban J connectivity index is 1.57. The first-order chi connectivity index (χ1) is 11.6. The summed E-state index contributed by atoms with van der Waals surface area (Å²) in [4.78, 5) is 20.1. The molecule has 24 heavy (non-hydrogen) atoms. The smallest absolute Gasteiger partial charge is 0.249 e. The van der Waals surface area contributed by atoms with Gasteiger partial charge in [0.05, 0.1) is 0 Å². The maximum atomic E-state index is 13.1. The molecular weight excluding hydrogens is 316 g/mol. The normalized spacial score (nSPS) is 10.6. The van der Waals surface area contributed by atoms with Crippen LogP contribution in [0.15, 0.2) is 42.6 Å². The van der Waals surface area contributed by atoms with E-state index < -0.39 is 11.6 Å². The molecule has 3 rings (SSSR count). The minimum Gasteiger partial charge on any atom is -0.293 e. The van der Waals surface area contributed by atoms with Crippen molar-refractivity contribution in [2.24, 2.45) is 0 Å². The highest BCUT2D eigenvalue weighted by Gasteiger charge is 2.10. The lowest BCUT2D eigenvalue weighted by molar-refractivity contribution is -0.116. The van der Waals surface area contributed by atoms with Gasteiger partial charge in [-0.1, -0.05) is 12.1 Å². The fourth-order valence-electron chi connectivity index (χ4n) is 2.08. The highest BCUT2D eigenvalue weighted by atomic mass is 19.2. The molecular formula is C16H13F2N5O. The molecule has 0 saturated heterocycles. The van der Waals surface area contributed by atoms with Crippen LogP contribution in [0.2, 0.25) is 0 Å². The molecule has 0 radical (unpaired) electrons. The number of hydrogen-bond donors (Lipinski definition) is 2. The molecule has 6 nitrogen and oxygen atoms in total. The van der Waals surface area contributed by atoms with Gasteiger partial charge >= 0.3 is 0 Å². The number of benzene rings is 1. The lowest BCUT2D eigenvalue weighted by Crippen LogP contribution is -2.13. The second kappa shape index (κ2) is 6.95. The number of carbonyl (C=O) groups is 1. The van der Waals surface area contributed by atoms with Crippen molar-refractivity contribution in [3.05, 3.63) is 59.8 Å². The standard InChI is InChI=1S/C16H13F2N5O/c17-11-6-4-10(9-12(11)18)5-7-14(24)20-16-21-15(22-23-16)13-3-1-2-8-19-13/h1-4,6,8-9H,5,7H2,(H2,20,21,22,23,24). The van der Waals surface area contributed by atoms with Crippen LogP contribution in [0.25, 0.3) is 11.5 Å². The number of aryl methyl sites for hydroxylation is 1. The average molecular weight is 329 g/mol. The second-order valence-corrected chi connectivity index (χ2v) is 5.02. The maximum absolute atomic E-state index is 13.1. The molecule has 0 aliphatic heterocycles. The largest absolute Gasteiger partial charge is 0.293 e. The summed E-state index contributed by atoms with van der Waals surface area (Å²) in [6.07, 6.45) is 2.00. The summed E-state index contributed by atoms with van der Waals surface area (Å²) in [5, 5.41) is 9.12. The van der Waals surface area contributed by atoms with Crippen molar-refractivity contribution >= 4 is 11.9 Å². The summed E-state index contributed by atoms with van der Waals surface area (Å²) in [6.45, 7) is 0. The highest BCUT2D eigenvalue weighted by Crippen LogP contribution is 2.13. The molecule has 0 saturated carbocycles. The number of halogens is 2. The van der Waals surface area contributed by atoms with Gasteiger partial charge in [0.25, 0.3) is 0 Å². The van der Waals surface area contributed by atoms with Crippen molar-refractivity contribution in [3.8, 4) is 11.5 Å². The van der Waals surface area contributed by atoms with E-state index >= 15 is 0 Å². The number of nitrogens with one attached hydrogen (secondary N) is 2.